The Labute approximate surface area is 254 Å². The number of hydrogen-bond donors (Lipinski definition) is 2. The Morgan fingerprint density at radius 2 is 1.47 bits per heavy atom. The van der Waals surface area contributed by atoms with E-state index in [4.69, 9.17) is 0 Å². The van der Waals surface area contributed by atoms with Crippen LogP contribution in [0.2, 0.25) is 0 Å². The van der Waals surface area contributed by atoms with Crippen LogP contribution in [0.3, 0.4) is 0 Å². The highest BCUT2D eigenvalue weighted by molar-refractivity contribution is 5.82. The molecule has 5 atom stereocenters. The van der Waals surface area contributed by atoms with E-state index in [1.165, 1.54) is 5.56 Å². The Morgan fingerprint density at radius 1 is 0.837 bits per heavy atom. The van der Waals surface area contributed by atoms with E-state index in [2.05, 4.69) is 48.0 Å². The van der Waals surface area contributed by atoms with Gasteiger partial charge in [-0.25, -0.2) is 0 Å². The van der Waals surface area contributed by atoms with Crippen LogP contribution in [0.15, 0.2) is 134 Å². The van der Waals surface area contributed by atoms with Crippen molar-refractivity contribution in [1.29, 1.82) is 0 Å². The lowest BCUT2D eigenvalue weighted by molar-refractivity contribution is -0.984. The molecule has 4 heterocycles. The standard InChI is InChI=1S/C39H39N2O2/c1-2-29-27-41(24-22-30(29)25-37(41)38(42)35-21-23-40-36-16-10-9-15-34(35)36)26-28-17-19-33(20-18-28)39(43,31-11-5-3-6-12-31)32-13-7-4-8-14-32/h2-21,23,29-30,37-38,42-43H,1,22,24-27H2/q+1/t29-,30-,37+,38-,41+/m0/s1. The van der Waals surface area contributed by atoms with Gasteiger partial charge in [-0.2, -0.15) is 0 Å². The van der Waals surface area contributed by atoms with Crippen molar-refractivity contribution in [3.8, 4) is 0 Å². The molecule has 2 N–H and O–H groups in total. The third-order valence-electron chi connectivity index (χ3n) is 10.3. The number of nitrogens with zero attached hydrogens (tertiary/aromatic N) is 2. The van der Waals surface area contributed by atoms with Gasteiger partial charge in [0.2, 0.25) is 0 Å². The second-order valence-electron chi connectivity index (χ2n) is 12.5. The van der Waals surface area contributed by atoms with E-state index >= 15 is 0 Å². The van der Waals surface area contributed by atoms with Crippen molar-refractivity contribution in [2.24, 2.45) is 11.8 Å². The number of fused-ring (bicyclic) bond motifs is 4. The first-order valence-electron chi connectivity index (χ1n) is 15.4. The van der Waals surface area contributed by atoms with Crippen LogP contribution >= 0.6 is 0 Å². The molecule has 3 aliphatic rings. The van der Waals surface area contributed by atoms with Crippen LogP contribution < -0.4 is 0 Å². The summed E-state index contributed by atoms with van der Waals surface area (Å²) in [6.07, 6.45) is 5.52. The van der Waals surface area contributed by atoms with E-state index < -0.39 is 11.7 Å². The van der Waals surface area contributed by atoms with Gasteiger partial charge in [-0.05, 0) is 40.3 Å². The molecule has 3 aliphatic heterocycles. The van der Waals surface area contributed by atoms with Crippen molar-refractivity contribution >= 4 is 10.9 Å². The van der Waals surface area contributed by atoms with Crippen LogP contribution in [0.1, 0.15) is 46.8 Å². The molecule has 0 radical (unpaired) electrons. The summed E-state index contributed by atoms with van der Waals surface area (Å²) in [5, 5.41) is 25.4. The lowest BCUT2D eigenvalue weighted by Gasteiger charge is -2.58. The van der Waals surface area contributed by atoms with Gasteiger partial charge in [-0.1, -0.05) is 109 Å². The summed E-state index contributed by atoms with van der Waals surface area (Å²) in [4.78, 5) is 4.55. The van der Waals surface area contributed by atoms with E-state index in [0.29, 0.717) is 11.8 Å². The average Bonchev–Trinajstić information content (AvgIpc) is 3.08. The highest BCUT2D eigenvalue weighted by Gasteiger charge is 2.54. The van der Waals surface area contributed by atoms with Crippen LogP contribution in [-0.2, 0) is 12.1 Å². The topological polar surface area (TPSA) is 53.4 Å². The molecule has 0 spiro atoms. The summed E-state index contributed by atoms with van der Waals surface area (Å²) >= 11 is 0. The van der Waals surface area contributed by atoms with E-state index in [1.54, 1.807) is 0 Å². The van der Waals surface area contributed by atoms with Gasteiger partial charge in [0.1, 0.15) is 24.3 Å². The molecule has 4 nitrogen and oxygen atoms in total. The molecule has 3 fully saturated rings. The number of aliphatic hydroxyl groups excluding tert-OH is 1. The van der Waals surface area contributed by atoms with Gasteiger partial charge in [-0.15, -0.1) is 6.58 Å². The lowest BCUT2D eigenvalue weighted by atomic mass is 9.71. The van der Waals surface area contributed by atoms with Crippen molar-refractivity contribution in [3.05, 3.63) is 162 Å². The Morgan fingerprint density at radius 3 is 2.14 bits per heavy atom. The SMILES string of the molecule is C=C[C@H]1C[N@+]2(Cc3ccc(C(O)(c4ccccc4)c4ccccc4)cc3)CC[C@H]1C[C@@H]2[C@@H](O)c1ccnc2ccccc12. The highest BCUT2D eigenvalue weighted by atomic mass is 16.3. The van der Waals surface area contributed by atoms with Crippen molar-refractivity contribution in [3.63, 3.8) is 0 Å². The molecule has 216 valence electrons. The van der Waals surface area contributed by atoms with Crippen LogP contribution in [0.25, 0.3) is 10.9 Å². The van der Waals surface area contributed by atoms with Crippen LogP contribution in [-0.4, -0.2) is 38.8 Å². The third kappa shape index (κ3) is 4.80. The smallest absolute Gasteiger partial charge is 0.140 e. The molecule has 4 heteroatoms. The normalized spacial score (nSPS) is 24.1. The molecular formula is C39H39N2O2+. The van der Waals surface area contributed by atoms with Gasteiger partial charge >= 0.3 is 0 Å². The third-order valence-corrected chi connectivity index (χ3v) is 10.3. The summed E-state index contributed by atoms with van der Waals surface area (Å²) in [6, 6.07) is 38.5. The van der Waals surface area contributed by atoms with Crippen LogP contribution in [0, 0.1) is 11.8 Å². The largest absolute Gasteiger partial charge is 0.382 e. The van der Waals surface area contributed by atoms with Crippen LogP contribution in [0.5, 0.6) is 0 Å². The van der Waals surface area contributed by atoms with E-state index in [9.17, 15) is 10.2 Å². The number of hydrogen-bond acceptors (Lipinski definition) is 3. The number of aliphatic hydroxyl groups is 2. The summed E-state index contributed by atoms with van der Waals surface area (Å²) in [5.74, 6) is 1.01. The fraction of sp³-hybridized carbons (Fsp3) is 0.256. The predicted molar refractivity (Wildman–Crippen MR) is 172 cm³/mol. The van der Waals surface area contributed by atoms with Crippen molar-refractivity contribution in [2.45, 2.75) is 37.1 Å². The first-order valence-corrected chi connectivity index (χ1v) is 15.4. The summed E-state index contributed by atoms with van der Waals surface area (Å²) in [5.41, 5.74) is 4.38. The second-order valence-corrected chi connectivity index (χ2v) is 12.5. The summed E-state index contributed by atoms with van der Waals surface area (Å²) in [6.45, 7) is 7.05. The Hall–Kier alpha value is -4.09. The molecule has 0 amide bonds. The van der Waals surface area contributed by atoms with Crippen molar-refractivity contribution in [2.75, 3.05) is 13.1 Å². The van der Waals surface area contributed by atoms with Gasteiger partial charge in [-0.3, -0.25) is 4.98 Å². The van der Waals surface area contributed by atoms with E-state index in [-0.39, 0.29) is 6.04 Å². The van der Waals surface area contributed by atoms with E-state index in [0.717, 1.165) is 70.1 Å². The van der Waals surface area contributed by atoms with Gasteiger partial charge in [0.25, 0.3) is 0 Å². The predicted octanol–water partition coefficient (Wildman–Crippen LogP) is 7.16. The number of quaternary nitrogens is 1. The van der Waals surface area contributed by atoms with Gasteiger partial charge in [0, 0.05) is 35.9 Å². The van der Waals surface area contributed by atoms with Crippen LogP contribution in [0.4, 0.5) is 0 Å². The summed E-state index contributed by atoms with van der Waals surface area (Å²) < 4.78 is 0.839. The maximum absolute atomic E-state index is 12.3. The average molecular weight is 568 g/mol. The Balaban J connectivity index is 1.24. The van der Waals surface area contributed by atoms with Gasteiger partial charge < -0.3 is 14.7 Å². The van der Waals surface area contributed by atoms with E-state index in [1.807, 2.05) is 91.1 Å². The zero-order valence-corrected chi connectivity index (χ0v) is 24.5. The maximum atomic E-state index is 12.3. The first kappa shape index (κ1) is 27.7. The number of para-hydroxylation sites is 1. The second kappa shape index (κ2) is 11.2. The number of pyridine rings is 1. The molecule has 3 saturated heterocycles. The zero-order chi connectivity index (χ0) is 29.4. The lowest BCUT2D eigenvalue weighted by Crippen LogP contribution is -2.67. The number of benzene rings is 4. The highest BCUT2D eigenvalue weighted by Crippen LogP contribution is 2.48. The van der Waals surface area contributed by atoms with Gasteiger partial charge in [0.15, 0.2) is 0 Å². The number of aromatic nitrogens is 1. The quantitative estimate of drug-likeness (QED) is 0.119. The zero-order valence-electron chi connectivity index (χ0n) is 24.5. The molecule has 4 aromatic carbocycles. The monoisotopic (exact) mass is 567 g/mol. The molecule has 1 aromatic heterocycles. The minimum Gasteiger partial charge on any atom is -0.382 e. The molecular weight excluding hydrogens is 528 g/mol. The number of rotatable bonds is 8. The number of piperidine rings is 3. The Bertz CT molecular complexity index is 1670. The van der Waals surface area contributed by atoms with Crippen molar-refractivity contribution < 1.29 is 14.7 Å². The molecule has 8 rings (SSSR count). The van der Waals surface area contributed by atoms with Gasteiger partial charge in [0.05, 0.1) is 18.6 Å². The van der Waals surface area contributed by atoms with Crippen molar-refractivity contribution in [1.82, 2.24) is 4.98 Å². The first-order chi connectivity index (χ1) is 21.0. The Kier molecular flexibility index (Phi) is 7.22. The molecule has 0 saturated carbocycles. The molecule has 5 aromatic rings. The maximum Gasteiger partial charge on any atom is 0.140 e. The molecule has 0 aliphatic carbocycles. The fourth-order valence-electron chi connectivity index (χ4n) is 8.04. The summed E-state index contributed by atoms with van der Waals surface area (Å²) in [7, 11) is 0. The molecule has 0 unspecified atom stereocenters. The minimum atomic E-state index is -1.26. The molecule has 2 bridgehead atoms. The molecule has 43 heavy (non-hydrogen) atoms. The fourth-order valence-corrected chi connectivity index (χ4v) is 8.04. The minimum absolute atomic E-state index is 0.0889.